The van der Waals surface area contributed by atoms with Crippen LogP contribution in [0.1, 0.15) is 15.9 Å². The molecule has 0 aliphatic heterocycles. The van der Waals surface area contributed by atoms with Crippen LogP contribution >= 0.6 is 0 Å². The molecule has 0 fully saturated rings. The first-order valence-corrected chi connectivity index (χ1v) is 4.91. The summed E-state index contributed by atoms with van der Waals surface area (Å²) in [6.07, 6.45) is 0. The molecule has 0 heterocycles. The third-order valence-corrected chi connectivity index (χ3v) is 2.08. The summed E-state index contributed by atoms with van der Waals surface area (Å²) in [5.41, 5.74) is 1.42. The molecule has 0 saturated heterocycles. The van der Waals surface area contributed by atoms with E-state index in [1.54, 1.807) is 12.1 Å². The summed E-state index contributed by atoms with van der Waals surface area (Å²) in [4.78, 5) is 10.6. The molecule has 0 spiro atoms. The zero-order valence-corrected chi connectivity index (χ0v) is 8.79. The van der Waals surface area contributed by atoms with E-state index in [2.05, 4.69) is 10.6 Å². The fraction of sp³-hybridized carbons (Fsp3) is 0.364. The van der Waals surface area contributed by atoms with Gasteiger partial charge in [0.25, 0.3) is 0 Å². The van der Waals surface area contributed by atoms with Gasteiger partial charge in [-0.05, 0) is 24.7 Å². The molecule has 0 amide bonds. The van der Waals surface area contributed by atoms with Crippen molar-refractivity contribution in [3.8, 4) is 0 Å². The van der Waals surface area contributed by atoms with Gasteiger partial charge in [-0.2, -0.15) is 0 Å². The highest BCUT2D eigenvalue weighted by atomic mass is 16.4. The number of carboxylic acid groups (broad SMARTS) is 1. The van der Waals surface area contributed by atoms with Gasteiger partial charge < -0.3 is 15.7 Å². The van der Waals surface area contributed by atoms with Gasteiger partial charge in [-0.15, -0.1) is 0 Å². The van der Waals surface area contributed by atoms with E-state index in [9.17, 15) is 4.79 Å². The standard InChI is InChI=1S/C11H16N2O2/c1-12-6-7-13-8-9-2-4-10(5-3-9)11(14)15/h2-5,12-13H,6-8H2,1H3,(H,14,15). The Morgan fingerprint density at radius 2 is 1.93 bits per heavy atom. The fourth-order valence-electron chi connectivity index (χ4n) is 1.21. The van der Waals surface area contributed by atoms with E-state index >= 15 is 0 Å². The summed E-state index contributed by atoms with van der Waals surface area (Å²) in [5, 5.41) is 15.0. The first-order chi connectivity index (χ1) is 7.24. The molecule has 0 radical (unpaired) electrons. The maximum atomic E-state index is 10.6. The third-order valence-electron chi connectivity index (χ3n) is 2.08. The van der Waals surface area contributed by atoms with Gasteiger partial charge in [-0.1, -0.05) is 12.1 Å². The lowest BCUT2D eigenvalue weighted by atomic mass is 10.1. The average molecular weight is 208 g/mol. The van der Waals surface area contributed by atoms with Crippen molar-refractivity contribution in [2.75, 3.05) is 20.1 Å². The number of nitrogens with one attached hydrogen (secondary N) is 2. The van der Waals surface area contributed by atoms with E-state index < -0.39 is 5.97 Å². The van der Waals surface area contributed by atoms with Crippen LogP contribution in [-0.4, -0.2) is 31.2 Å². The van der Waals surface area contributed by atoms with Gasteiger partial charge in [0.1, 0.15) is 0 Å². The van der Waals surface area contributed by atoms with Crippen molar-refractivity contribution >= 4 is 5.97 Å². The van der Waals surface area contributed by atoms with Gasteiger partial charge in [0.05, 0.1) is 5.56 Å². The zero-order chi connectivity index (χ0) is 11.1. The highest BCUT2D eigenvalue weighted by molar-refractivity contribution is 5.87. The fourth-order valence-corrected chi connectivity index (χ4v) is 1.21. The van der Waals surface area contributed by atoms with E-state index in [4.69, 9.17) is 5.11 Å². The van der Waals surface area contributed by atoms with Gasteiger partial charge in [0.2, 0.25) is 0 Å². The van der Waals surface area contributed by atoms with Crippen molar-refractivity contribution in [3.05, 3.63) is 35.4 Å². The molecule has 82 valence electrons. The number of hydrogen-bond donors (Lipinski definition) is 3. The van der Waals surface area contributed by atoms with Crippen molar-refractivity contribution < 1.29 is 9.90 Å². The van der Waals surface area contributed by atoms with Crippen LogP contribution in [0.15, 0.2) is 24.3 Å². The molecule has 1 aromatic rings. The minimum absolute atomic E-state index is 0.328. The molecule has 0 aliphatic rings. The normalized spacial score (nSPS) is 10.2. The minimum atomic E-state index is -0.885. The van der Waals surface area contributed by atoms with Crippen LogP contribution in [0.25, 0.3) is 0 Å². The summed E-state index contributed by atoms with van der Waals surface area (Å²) in [7, 11) is 1.91. The van der Waals surface area contributed by atoms with Crippen LogP contribution in [0.3, 0.4) is 0 Å². The van der Waals surface area contributed by atoms with Crippen LogP contribution in [-0.2, 0) is 6.54 Å². The van der Waals surface area contributed by atoms with Crippen molar-refractivity contribution in [1.29, 1.82) is 0 Å². The van der Waals surface area contributed by atoms with Crippen LogP contribution in [0.2, 0.25) is 0 Å². The monoisotopic (exact) mass is 208 g/mol. The van der Waals surface area contributed by atoms with Crippen LogP contribution in [0, 0.1) is 0 Å². The number of aromatic carboxylic acids is 1. The second kappa shape index (κ2) is 6.16. The molecule has 3 N–H and O–H groups in total. The zero-order valence-electron chi connectivity index (χ0n) is 8.79. The number of carboxylic acids is 1. The molecule has 1 aromatic carbocycles. The molecule has 0 bridgehead atoms. The summed E-state index contributed by atoms with van der Waals surface area (Å²) in [5.74, 6) is -0.885. The number of hydrogen-bond acceptors (Lipinski definition) is 3. The second-order valence-electron chi connectivity index (χ2n) is 3.28. The maximum Gasteiger partial charge on any atom is 0.335 e. The predicted octanol–water partition coefficient (Wildman–Crippen LogP) is 0.694. The SMILES string of the molecule is CNCCNCc1ccc(C(=O)O)cc1. The molecule has 0 aliphatic carbocycles. The Kier molecular flexibility index (Phi) is 4.80. The van der Waals surface area contributed by atoms with E-state index in [0.29, 0.717) is 5.56 Å². The Morgan fingerprint density at radius 1 is 1.27 bits per heavy atom. The average Bonchev–Trinajstić information content (AvgIpc) is 2.25. The molecule has 0 unspecified atom stereocenters. The second-order valence-corrected chi connectivity index (χ2v) is 3.28. The number of rotatable bonds is 6. The Bertz CT molecular complexity index is 309. The van der Waals surface area contributed by atoms with Gasteiger partial charge in [0, 0.05) is 19.6 Å². The van der Waals surface area contributed by atoms with Crippen molar-refractivity contribution in [3.63, 3.8) is 0 Å². The molecule has 15 heavy (non-hydrogen) atoms. The Labute approximate surface area is 89.3 Å². The van der Waals surface area contributed by atoms with Crippen LogP contribution in [0.5, 0.6) is 0 Å². The molecule has 4 heteroatoms. The molecule has 0 aromatic heterocycles. The smallest absolute Gasteiger partial charge is 0.335 e. The van der Waals surface area contributed by atoms with Crippen molar-refractivity contribution in [1.82, 2.24) is 10.6 Å². The topological polar surface area (TPSA) is 61.4 Å². The van der Waals surface area contributed by atoms with E-state index in [1.165, 1.54) is 0 Å². The Hall–Kier alpha value is -1.39. The lowest BCUT2D eigenvalue weighted by Crippen LogP contribution is -2.24. The first-order valence-electron chi connectivity index (χ1n) is 4.91. The van der Waals surface area contributed by atoms with Crippen molar-refractivity contribution in [2.45, 2.75) is 6.54 Å². The summed E-state index contributed by atoms with van der Waals surface area (Å²) >= 11 is 0. The quantitative estimate of drug-likeness (QED) is 0.602. The molecular formula is C11H16N2O2. The highest BCUT2D eigenvalue weighted by Crippen LogP contribution is 2.03. The molecule has 0 saturated carbocycles. The van der Waals surface area contributed by atoms with Gasteiger partial charge >= 0.3 is 5.97 Å². The number of benzene rings is 1. The predicted molar refractivity (Wildman–Crippen MR) is 59.0 cm³/mol. The summed E-state index contributed by atoms with van der Waals surface area (Å²) < 4.78 is 0. The van der Waals surface area contributed by atoms with Gasteiger partial charge in [-0.3, -0.25) is 0 Å². The lowest BCUT2D eigenvalue weighted by molar-refractivity contribution is 0.0697. The number of carbonyl (C=O) groups is 1. The maximum absolute atomic E-state index is 10.6. The lowest BCUT2D eigenvalue weighted by Gasteiger charge is -2.04. The molecule has 4 nitrogen and oxygen atoms in total. The van der Waals surface area contributed by atoms with Crippen LogP contribution in [0.4, 0.5) is 0 Å². The van der Waals surface area contributed by atoms with Crippen LogP contribution < -0.4 is 10.6 Å². The van der Waals surface area contributed by atoms with Crippen molar-refractivity contribution in [2.24, 2.45) is 0 Å². The molecule has 1 rings (SSSR count). The highest BCUT2D eigenvalue weighted by Gasteiger charge is 2.00. The Balaban J connectivity index is 2.39. The number of likely N-dealkylation sites (N-methyl/N-ethyl adjacent to an activating group) is 1. The molecular weight excluding hydrogens is 192 g/mol. The summed E-state index contributed by atoms with van der Waals surface area (Å²) in [6, 6.07) is 6.90. The minimum Gasteiger partial charge on any atom is -0.478 e. The molecule has 0 atom stereocenters. The Morgan fingerprint density at radius 3 is 2.47 bits per heavy atom. The largest absolute Gasteiger partial charge is 0.478 e. The van der Waals surface area contributed by atoms with Gasteiger partial charge in [0.15, 0.2) is 0 Å². The van der Waals surface area contributed by atoms with E-state index in [1.807, 2.05) is 19.2 Å². The van der Waals surface area contributed by atoms with E-state index in [-0.39, 0.29) is 0 Å². The van der Waals surface area contributed by atoms with E-state index in [0.717, 1.165) is 25.2 Å². The third kappa shape index (κ3) is 4.10. The van der Waals surface area contributed by atoms with Gasteiger partial charge in [-0.25, -0.2) is 4.79 Å². The summed E-state index contributed by atoms with van der Waals surface area (Å²) in [6.45, 7) is 2.59. The first kappa shape index (κ1) is 11.7.